The topological polar surface area (TPSA) is 69.6 Å². The lowest BCUT2D eigenvalue weighted by molar-refractivity contribution is -0.129. The van der Waals surface area contributed by atoms with Crippen LogP contribution in [0.4, 0.5) is 0 Å². The van der Waals surface area contributed by atoms with Crippen molar-refractivity contribution in [2.75, 3.05) is 19.7 Å². The number of carbonyl (C=O) groups is 2. The van der Waals surface area contributed by atoms with Gasteiger partial charge in [0.15, 0.2) is 0 Å². The van der Waals surface area contributed by atoms with Gasteiger partial charge >= 0.3 is 0 Å². The Bertz CT molecular complexity index is 619. The van der Waals surface area contributed by atoms with Crippen LogP contribution in [0.5, 0.6) is 0 Å². The smallest absolute Gasteiger partial charge is 0.225 e. The standard InChI is InChI=1S/C20H28N2O3/c1-20(14-23)10-5-8-17(20)21-19(25)16-12-18(24)22(13-16)11-9-15-6-3-2-4-7-15/h2-4,6-7,16-17,23H,5,8-14H2,1H3,(H,21,25). The number of aliphatic hydroxyl groups excluding tert-OH is 1. The van der Waals surface area contributed by atoms with Crippen molar-refractivity contribution < 1.29 is 14.7 Å². The summed E-state index contributed by atoms with van der Waals surface area (Å²) < 4.78 is 0. The Morgan fingerprint density at radius 3 is 2.84 bits per heavy atom. The van der Waals surface area contributed by atoms with Crippen LogP contribution in [0.2, 0.25) is 0 Å². The molecular weight excluding hydrogens is 316 g/mol. The second-order valence-electron chi connectivity index (χ2n) is 7.74. The van der Waals surface area contributed by atoms with Crippen LogP contribution in [-0.4, -0.2) is 47.6 Å². The third-order valence-electron chi connectivity index (χ3n) is 5.86. The van der Waals surface area contributed by atoms with Gasteiger partial charge in [-0.3, -0.25) is 9.59 Å². The molecule has 136 valence electrons. The van der Waals surface area contributed by atoms with Gasteiger partial charge in [-0.15, -0.1) is 0 Å². The van der Waals surface area contributed by atoms with E-state index in [9.17, 15) is 14.7 Å². The van der Waals surface area contributed by atoms with Crippen molar-refractivity contribution in [3.8, 4) is 0 Å². The van der Waals surface area contributed by atoms with E-state index in [-0.39, 0.29) is 35.8 Å². The monoisotopic (exact) mass is 344 g/mol. The Morgan fingerprint density at radius 1 is 1.36 bits per heavy atom. The van der Waals surface area contributed by atoms with E-state index in [2.05, 4.69) is 17.4 Å². The number of aliphatic hydroxyl groups is 1. The van der Waals surface area contributed by atoms with Gasteiger partial charge in [0.2, 0.25) is 11.8 Å². The number of amides is 2. The molecule has 1 saturated carbocycles. The first-order valence-corrected chi connectivity index (χ1v) is 9.25. The molecule has 1 aromatic carbocycles. The van der Waals surface area contributed by atoms with Crippen molar-refractivity contribution in [3.63, 3.8) is 0 Å². The maximum Gasteiger partial charge on any atom is 0.225 e. The first kappa shape index (κ1) is 17.9. The zero-order valence-electron chi connectivity index (χ0n) is 14.9. The van der Waals surface area contributed by atoms with Crippen LogP contribution in [0.1, 0.15) is 38.2 Å². The number of rotatable bonds is 6. The van der Waals surface area contributed by atoms with E-state index in [1.807, 2.05) is 25.1 Å². The Hall–Kier alpha value is -1.88. The van der Waals surface area contributed by atoms with Crippen molar-refractivity contribution in [2.45, 2.75) is 45.1 Å². The average Bonchev–Trinajstić information content (AvgIpc) is 3.18. The highest BCUT2D eigenvalue weighted by Gasteiger charge is 2.41. The third kappa shape index (κ3) is 4.03. The predicted molar refractivity (Wildman–Crippen MR) is 95.8 cm³/mol. The number of likely N-dealkylation sites (tertiary alicyclic amines) is 1. The van der Waals surface area contributed by atoms with Gasteiger partial charge in [-0.1, -0.05) is 43.7 Å². The highest BCUT2D eigenvalue weighted by atomic mass is 16.3. The lowest BCUT2D eigenvalue weighted by atomic mass is 9.85. The van der Waals surface area contributed by atoms with Crippen molar-refractivity contribution in [1.29, 1.82) is 0 Å². The molecule has 0 radical (unpaired) electrons. The molecule has 2 amide bonds. The number of hydrogen-bond acceptors (Lipinski definition) is 3. The molecule has 25 heavy (non-hydrogen) atoms. The second kappa shape index (κ2) is 7.56. The molecule has 0 spiro atoms. The van der Waals surface area contributed by atoms with E-state index in [4.69, 9.17) is 0 Å². The molecule has 1 aliphatic heterocycles. The van der Waals surface area contributed by atoms with E-state index in [1.165, 1.54) is 5.56 Å². The third-order valence-corrected chi connectivity index (χ3v) is 5.86. The van der Waals surface area contributed by atoms with Gasteiger partial charge in [0, 0.05) is 31.0 Å². The molecule has 0 aromatic heterocycles. The molecule has 1 aromatic rings. The fourth-order valence-electron chi connectivity index (χ4n) is 4.03. The normalized spacial score (nSPS) is 29.2. The average molecular weight is 344 g/mol. The van der Waals surface area contributed by atoms with Crippen LogP contribution in [0.25, 0.3) is 0 Å². The molecule has 2 aliphatic rings. The quantitative estimate of drug-likeness (QED) is 0.826. The van der Waals surface area contributed by atoms with Crippen molar-refractivity contribution in [1.82, 2.24) is 10.2 Å². The second-order valence-corrected chi connectivity index (χ2v) is 7.74. The molecule has 2 N–H and O–H groups in total. The highest BCUT2D eigenvalue weighted by molar-refractivity contribution is 5.89. The van der Waals surface area contributed by atoms with Gasteiger partial charge in [-0.05, 0) is 24.8 Å². The van der Waals surface area contributed by atoms with Gasteiger partial charge in [0.1, 0.15) is 0 Å². The SMILES string of the molecule is CC1(CO)CCCC1NC(=O)C1CC(=O)N(CCc2ccccc2)C1. The minimum Gasteiger partial charge on any atom is -0.396 e. The minimum atomic E-state index is -0.271. The van der Waals surface area contributed by atoms with Crippen molar-refractivity contribution in [3.05, 3.63) is 35.9 Å². The first-order chi connectivity index (χ1) is 12.0. The summed E-state index contributed by atoms with van der Waals surface area (Å²) in [6, 6.07) is 10.1. The summed E-state index contributed by atoms with van der Waals surface area (Å²) in [4.78, 5) is 26.6. The van der Waals surface area contributed by atoms with Crippen molar-refractivity contribution in [2.24, 2.45) is 11.3 Å². The Balaban J connectivity index is 1.52. The lowest BCUT2D eigenvalue weighted by Crippen LogP contribution is -2.47. The maximum atomic E-state index is 12.6. The molecule has 3 unspecified atom stereocenters. The van der Waals surface area contributed by atoms with Crippen LogP contribution in [0.3, 0.4) is 0 Å². The van der Waals surface area contributed by atoms with Gasteiger partial charge in [0.25, 0.3) is 0 Å². The summed E-state index contributed by atoms with van der Waals surface area (Å²) in [7, 11) is 0. The van der Waals surface area contributed by atoms with Crippen LogP contribution >= 0.6 is 0 Å². The van der Waals surface area contributed by atoms with E-state index in [0.29, 0.717) is 19.5 Å². The van der Waals surface area contributed by atoms with Crippen LogP contribution in [0, 0.1) is 11.3 Å². The Labute approximate surface area is 149 Å². The number of nitrogens with zero attached hydrogens (tertiary/aromatic N) is 1. The summed E-state index contributed by atoms with van der Waals surface area (Å²) in [5, 5.41) is 12.7. The summed E-state index contributed by atoms with van der Waals surface area (Å²) in [6.07, 6.45) is 3.96. The van der Waals surface area contributed by atoms with E-state index in [0.717, 1.165) is 25.7 Å². The highest BCUT2D eigenvalue weighted by Crippen LogP contribution is 2.37. The Kier molecular flexibility index (Phi) is 5.42. The summed E-state index contributed by atoms with van der Waals surface area (Å²) in [5.74, 6) is -0.249. The number of carbonyl (C=O) groups excluding carboxylic acids is 2. The van der Waals surface area contributed by atoms with E-state index >= 15 is 0 Å². The van der Waals surface area contributed by atoms with Gasteiger partial charge in [-0.2, -0.15) is 0 Å². The fourth-order valence-corrected chi connectivity index (χ4v) is 4.03. The zero-order chi connectivity index (χ0) is 17.9. The van der Waals surface area contributed by atoms with Crippen LogP contribution < -0.4 is 5.32 Å². The summed E-state index contributed by atoms with van der Waals surface area (Å²) in [5.41, 5.74) is 0.971. The Morgan fingerprint density at radius 2 is 2.12 bits per heavy atom. The molecule has 5 heteroatoms. The molecule has 1 aliphatic carbocycles. The zero-order valence-corrected chi connectivity index (χ0v) is 14.9. The van der Waals surface area contributed by atoms with Crippen molar-refractivity contribution >= 4 is 11.8 Å². The number of benzene rings is 1. The molecule has 0 bridgehead atoms. The predicted octanol–water partition coefficient (Wildman–Crippen LogP) is 1.74. The van der Waals surface area contributed by atoms with Gasteiger partial charge in [-0.25, -0.2) is 0 Å². The molecule has 2 fully saturated rings. The molecular formula is C20H28N2O3. The maximum absolute atomic E-state index is 12.6. The summed E-state index contributed by atoms with van der Waals surface area (Å²) in [6.45, 7) is 3.27. The van der Waals surface area contributed by atoms with Crippen LogP contribution in [0.15, 0.2) is 30.3 Å². The number of nitrogens with one attached hydrogen (secondary N) is 1. The molecule has 1 saturated heterocycles. The molecule has 1 heterocycles. The van der Waals surface area contributed by atoms with Gasteiger partial charge < -0.3 is 15.3 Å². The molecule has 3 atom stereocenters. The lowest BCUT2D eigenvalue weighted by Gasteiger charge is -2.30. The fraction of sp³-hybridized carbons (Fsp3) is 0.600. The van der Waals surface area contributed by atoms with Gasteiger partial charge in [0.05, 0.1) is 12.5 Å². The molecule has 5 nitrogen and oxygen atoms in total. The first-order valence-electron chi connectivity index (χ1n) is 9.25. The number of hydrogen-bond donors (Lipinski definition) is 2. The summed E-state index contributed by atoms with van der Waals surface area (Å²) >= 11 is 0. The van der Waals surface area contributed by atoms with E-state index < -0.39 is 0 Å². The van der Waals surface area contributed by atoms with Crippen LogP contribution in [-0.2, 0) is 16.0 Å². The molecule has 3 rings (SSSR count). The largest absolute Gasteiger partial charge is 0.396 e. The van der Waals surface area contributed by atoms with E-state index in [1.54, 1.807) is 4.90 Å². The minimum absolute atomic E-state index is 0.0125.